The van der Waals surface area contributed by atoms with Crippen molar-refractivity contribution in [3.8, 4) is 0 Å². The van der Waals surface area contributed by atoms with E-state index in [1.807, 2.05) is 6.92 Å². The summed E-state index contributed by atoms with van der Waals surface area (Å²) in [5.74, 6) is -1.25. The molecule has 1 atom stereocenters. The molecule has 0 unspecified atom stereocenters. The van der Waals surface area contributed by atoms with E-state index in [2.05, 4.69) is 10.6 Å². The maximum absolute atomic E-state index is 12.0. The van der Waals surface area contributed by atoms with Crippen LogP contribution >= 0.6 is 0 Å². The van der Waals surface area contributed by atoms with E-state index in [1.165, 1.54) is 11.9 Å². The highest BCUT2D eigenvalue weighted by molar-refractivity contribution is 5.87. The van der Waals surface area contributed by atoms with Crippen LogP contribution in [0, 0.1) is 0 Å². The van der Waals surface area contributed by atoms with Gasteiger partial charge in [0.2, 0.25) is 11.8 Å². The topological polar surface area (TPSA) is 105 Å². The Hall–Kier alpha value is -2.12. The molecule has 0 radical (unpaired) electrons. The molecule has 2 N–H and O–H groups in total. The molecule has 130 valence electrons. The molecule has 0 aromatic heterocycles. The minimum absolute atomic E-state index is 0.0537. The highest BCUT2D eigenvalue weighted by Crippen LogP contribution is 2.19. The van der Waals surface area contributed by atoms with Crippen LogP contribution < -0.4 is 10.6 Å². The van der Waals surface area contributed by atoms with Gasteiger partial charge in [0, 0.05) is 33.0 Å². The van der Waals surface area contributed by atoms with E-state index in [0.717, 1.165) is 12.8 Å². The molecule has 1 heterocycles. The first-order valence-corrected chi connectivity index (χ1v) is 7.93. The number of esters is 1. The molecular formula is C15H25N3O5. The van der Waals surface area contributed by atoms with Crippen molar-refractivity contribution < 1.29 is 23.9 Å². The maximum atomic E-state index is 12.0. The minimum atomic E-state index is -0.590. The van der Waals surface area contributed by atoms with Crippen LogP contribution in [0.4, 0.5) is 0 Å². The van der Waals surface area contributed by atoms with Crippen LogP contribution in [0.3, 0.4) is 0 Å². The van der Waals surface area contributed by atoms with Crippen LogP contribution in [0.5, 0.6) is 0 Å². The number of hydrogen-bond acceptors (Lipinski definition) is 5. The van der Waals surface area contributed by atoms with Crippen molar-refractivity contribution >= 4 is 23.7 Å². The third kappa shape index (κ3) is 6.25. The van der Waals surface area contributed by atoms with Crippen molar-refractivity contribution in [1.82, 2.24) is 15.5 Å². The Kier molecular flexibility index (Phi) is 8.07. The molecule has 1 rings (SSSR count). The first-order valence-electron chi connectivity index (χ1n) is 7.93. The van der Waals surface area contributed by atoms with Gasteiger partial charge in [0.25, 0.3) is 5.91 Å². The zero-order chi connectivity index (χ0) is 17.2. The molecule has 0 aliphatic carbocycles. The number of carbonyl (C=O) groups is 4. The predicted octanol–water partition coefficient (Wildman–Crippen LogP) is -0.427. The van der Waals surface area contributed by atoms with Crippen LogP contribution in [0.1, 0.15) is 39.0 Å². The molecule has 1 saturated heterocycles. The van der Waals surface area contributed by atoms with E-state index in [9.17, 15) is 19.2 Å². The number of rotatable bonds is 8. The normalized spacial score (nSPS) is 16.8. The molecule has 0 saturated carbocycles. The number of nitrogens with zero attached hydrogens (tertiary/aromatic N) is 1. The summed E-state index contributed by atoms with van der Waals surface area (Å²) < 4.78 is 4.98. The SMILES string of the molecule is CCCC(=O)N1CCC[C@H]1C(=O)OCC(=O)NCCC(=O)NC. The van der Waals surface area contributed by atoms with Gasteiger partial charge in [-0.05, 0) is 19.3 Å². The molecule has 0 aromatic carbocycles. The van der Waals surface area contributed by atoms with Crippen molar-refractivity contribution in [3.05, 3.63) is 0 Å². The van der Waals surface area contributed by atoms with E-state index >= 15 is 0 Å². The molecule has 0 spiro atoms. The van der Waals surface area contributed by atoms with Gasteiger partial charge >= 0.3 is 5.97 Å². The van der Waals surface area contributed by atoms with Gasteiger partial charge in [0.15, 0.2) is 6.61 Å². The van der Waals surface area contributed by atoms with Gasteiger partial charge in [-0.3, -0.25) is 14.4 Å². The Labute approximate surface area is 135 Å². The fourth-order valence-corrected chi connectivity index (χ4v) is 2.39. The van der Waals surface area contributed by atoms with E-state index in [1.54, 1.807) is 0 Å². The van der Waals surface area contributed by atoms with Gasteiger partial charge in [-0.1, -0.05) is 6.92 Å². The summed E-state index contributed by atoms with van der Waals surface area (Å²) in [5.41, 5.74) is 0. The fourth-order valence-electron chi connectivity index (χ4n) is 2.39. The highest BCUT2D eigenvalue weighted by atomic mass is 16.5. The monoisotopic (exact) mass is 327 g/mol. The Balaban J connectivity index is 2.33. The van der Waals surface area contributed by atoms with Gasteiger partial charge in [-0.2, -0.15) is 0 Å². The summed E-state index contributed by atoms with van der Waals surface area (Å²) in [5, 5.41) is 4.93. The summed E-state index contributed by atoms with van der Waals surface area (Å²) in [6, 6.07) is -0.590. The number of hydrogen-bond donors (Lipinski definition) is 2. The smallest absolute Gasteiger partial charge is 0.329 e. The number of nitrogens with one attached hydrogen (secondary N) is 2. The lowest BCUT2D eigenvalue weighted by Gasteiger charge is -2.23. The average Bonchev–Trinajstić information content (AvgIpc) is 3.02. The number of carbonyl (C=O) groups excluding carboxylic acids is 4. The maximum Gasteiger partial charge on any atom is 0.329 e. The van der Waals surface area contributed by atoms with Crippen LogP contribution in [0.25, 0.3) is 0 Å². The number of ether oxygens (including phenoxy) is 1. The predicted molar refractivity (Wildman–Crippen MR) is 82.3 cm³/mol. The summed E-state index contributed by atoms with van der Waals surface area (Å²) in [6.45, 7) is 2.24. The first-order chi connectivity index (χ1) is 11.0. The van der Waals surface area contributed by atoms with E-state index in [4.69, 9.17) is 4.74 Å². The summed E-state index contributed by atoms with van der Waals surface area (Å²) in [6.07, 6.45) is 2.62. The molecule has 23 heavy (non-hydrogen) atoms. The standard InChI is InChI=1S/C15H25N3O5/c1-3-5-14(21)18-9-4-6-11(18)15(22)23-10-13(20)17-8-7-12(19)16-2/h11H,3-10H2,1-2H3,(H,16,19)(H,17,20)/t11-/m0/s1. The molecule has 0 bridgehead atoms. The Morgan fingerprint density at radius 1 is 1.17 bits per heavy atom. The van der Waals surface area contributed by atoms with Crippen molar-refractivity contribution in [2.24, 2.45) is 0 Å². The van der Waals surface area contributed by atoms with Gasteiger partial charge in [0.1, 0.15) is 6.04 Å². The van der Waals surface area contributed by atoms with E-state index in [-0.39, 0.29) is 24.8 Å². The van der Waals surface area contributed by atoms with Crippen molar-refractivity contribution in [3.63, 3.8) is 0 Å². The molecule has 8 heteroatoms. The second kappa shape index (κ2) is 9.81. The van der Waals surface area contributed by atoms with Gasteiger partial charge in [0.05, 0.1) is 0 Å². The second-order valence-corrected chi connectivity index (χ2v) is 5.38. The van der Waals surface area contributed by atoms with Crippen molar-refractivity contribution in [2.45, 2.75) is 45.1 Å². The molecule has 3 amide bonds. The Bertz CT molecular complexity index is 452. The second-order valence-electron chi connectivity index (χ2n) is 5.38. The molecule has 8 nitrogen and oxygen atoms in total. The third-order valence-corrected chi connectivity index (χ3v) is 3.61. The van der Waals surface area contributed by atoms with Crippen LogP contribution in [-0.4, -0.2) is 61.4 Å². The quantitative estimate of drug-likeness (QED) is 0.589. The third-order valence-electron chi connectivity index (χ3n) is 3.61. The Morgan fingerprint density at radius 2 is 1.91 bits per heavy atom. The first kappa shape index (κ1) is 18.9. The van der Waals surface area contributed by atoms with Gasteiger partial charge in [-0.25, -0.2) is 4.79 Å². The Morgan fingerprint density at radius 3 is 2.57 bits per heavy atom. The number of likely N-dealkylation sites (tertiary alicyclic amines) is 1. The molecule has 1 aliphatic rings. The van der Waals surface area contributed by atoms with E-state index in [0.29, 0.717) is 19.4 Å². The van der Waals surface area contributed by atoms with Gasteiger partial charge < -0.3 is 20.3 Å². The fraction of sp³-hybridized carbons (Fsp3) is 0.733. The zero-order valence-corrected chi connectivity index (χ0v) is 13.7. The average molecular weight is 327 g/mol. The van der Waals surface area contributed by atoms with Crippen molar-refractivity contribution in [1.29, 1.82) is 0 Å². The lowest BCUT2D eigenvalue weighted by molar-refractivity contribution is -0.156. The van der Waals surface area contributed by atoms with Crippen LogP contribution in [-0.2, 0) is 23.9 Å². The van der Waals surface area contributed by atoms with Crippen molar-refractivity contribution in [2.75, 3.05) is 26.7 Å². The summed E-state index contributed by atoms with van der Waals surface area (Å²) in [7, 11) is 1.51. The lowest BCUT2D eigenvalue weighted by atomic mass is 10.2. The highest BCUT2D eigenvalue weighted by Gasteiger charge is 2.34. The number of amides is 3. The molecule has 1 fully saturated rings. The van der Waals surface area contributed by atoms with E-state index < -0.39 is 24.5 Å². The largest absolute Gasteiger partial charge is 0.454 e. The summed E-state index contributed by atoms with van der Waals surface area (Å²) >= 11 is 0. The lowest BCUT2D eigenvalue weighted by Crippen LogP contribution is -2.42. The van der Waals surface area contributed by atoms with Gasteiger partial charge in [-0.15, -0.1) is 0 Å². The summed E-state index contributed by atoms with van der Waals surface area (Å²) in [4.78, 5) is 48.1. The van der Waals surface area contributed by atoms with Crippen LogP contribution in [0.2, 0.25) is 0 Å². The zero-order valence-electron chi connectivity index (χ0n) is 13.7. The molecule has 0 aromatic rings. The molecule has 1 aliphatic heterocycles. The minimum Gasteiger partial charge on any atom is -0.454 e. The van der Waals surface area contributed by atoms with Crippen LogP contribution in [0.15, 0.2) is 0 Å². The molecular weight excluding hydrogens is 302 g/mol.